The molecule has 0 radical (unpaired) electrons. The molecule has 3 heterocycles. The molecule has 0 amide bonds. The summed E-state index contributed by atoms with van der Waals surface area (Å²) in [6.45, 7) is 3.36. The summed E-state index contributed by atoms with van der Waals surface area (Å²) in [6, 6.07) is 15.5. The normalized spacial score (nSPS) is 14.2. The molecule has 1 aliphatic heterocycles. The van der Waals surface area contributed by atoms with Crippen LogP contribution in [0.5, 0.6) is 0 Å². The second-order valence-electron chi connectivity index (χ2n) is 9.35. The molecule has 0 spiro atoms. The molecule has 2 aromatic carbocycles. The average molecular weight is 518 g/mol. The molecule has 4 aromatic rings. The SMILES string of the molecule is Cn1c(=O)c2c(nc(N3CCN(Cc4ccccc4)CC3)n2CC(=O)c2ccc([N+](=O)[O-])cc2)n(C)c1=O. The summed E-state index contributed by atoms with van der Waals surface area (Å²) in [7, 11) is 2.93. The number of nitro benzene ring substituents is 1. The van der Waals surface area contributed by atoms with E-state index in [1.807, 2.05) is 23.1 Å². The number of carbonyl (C=O) groups excluding carboxylic acids is 1. The van der Waals surface area contributed by atoms with E-state index < -0.39 is 16.2 Å². The zero-order valence-corrected chi connectivity index (χ0v) is 21.1. The van der Waals surface area contributed by atoms with E-state index >= 15 is 0 Å². The summed E-state index contributed by atoms with van der Waals surface area (Å²) >= 11 is 0. The summed E-state index contributed by atoms with van der Waals surface area (Å²) in [5, 5.41) is 11.0. The number of aromatic nitrogens is 4. The van der Waals surface area contributed by atoms with E-state index in [1.165, 1.54) is 41.4 Å². The Kier molecular flexibility index (Phi) is 6.64. The maximum Gasteiger partial charge on any atom is 0.332 e. The van der Waals surface area contributed by atoms with Crippen LogP contribution in [0.25, 0.3) is 11.2 Å². The lowest BCUT2D eigenvalue weighted by Crippen LogP contribution is -2.47. The van der Waals surface area contributed by atoms with Gasteiger partial charge in [0.2, 0.25) is 5.95 Å². The Labute approximate surface area is 217 Å². The van der Waals surface area contributed by atoms with E-state index in [9.17, 15) is 24.5 Å². The summed E-state index contributed by atoms with van der Waals surface area (Å²) in [4.78, 5) is 58.5. The van der Waals surface area contributed by atoms with E-state index in [4.69, 9.17) is 0 Å². The maximum absolute atomic E-state index is 13.3. The van der Waals surface area contributed by atoms with Gasteiger partial charge in [-0.05, 0) is 17.7 Å². The molecule has 0 bridgehead atoms. The first-order valence-electron chi connectivity index (χ1n) is 12.2. The predicted molar refractivity (Wildman–Crippen MR) is 142 cm³/mol. The van der Waals surface area contributed by atoms with E-state index in [0.717, 1.165) is 24.2 Å². The Morgan fingerprint density at radius 1 is 0.947 bits per heavy atom. The lowest BCUT2D eigenvalue weighted by Gasteiger charge is -2.35. The molecule has 0 atom stereocenters. The number of piperazine rings is 1. The molecule has 0 N–H and O–H groups in total. The standard InChI is InChI=1S/C26H27N7O5/c1-28-23-22(24(35)29(2)26(28)36)32(17-21(34)19-8-10-20(11-9-19)33(37)38)25(27-23)31-14-12-30(13-15-31)16-18-6-4-3-5-7-18/h3-11H,12-17H2,1-2H3. The van der Waals surface area contributed by atoms with Crippen LogP contribution in [0.15, 0.2) is 64.2 Å². The number of hydrogen-bond acceptors (Lipinski definition) is 8. The van der Waals surface area contributed by atoms with Gasteiger partial charge in [-0.1, -0.05) is 30.3 Å². The van der Waals surface area contributed by atoms with Crippen molar-refractivity contribution in [3.63, 3.8) is 0 Å². The van der Waals surface area contributed by atoms with Crippen molar-refractivity contribution < 1.29 is 9.72 Å². The third kappa shape index (κ3) is 4.61. The Hall–Kier alpha value is -4.58. The minimum Gasteiger partial charge on any atom is -0.340 e. The molecule has 38 heavy (non-hydrogen) atoms. The molecule has 1 fully saturated rings. The molecular weight excluding hydrogens is 490 g/mol. The van der Waals surface area contributed by atoms with Crippen LogP contribution in [0.1, 0.15) is 15.9 Å². The molecule has 0 aliphatic carbocycles. The van der Waals surface area contributed by atoms with Gasteiger partial charge in [-0.15, -0.1) is 0 Å². The first-order valence-corrected chi connectivity index (χ1v) is 12.2. The fourth-order valence-electron chi connectivity index (χ4n) is 4.78. The van der Waals surface area contributed by atoms with Crippen LogP contribution in [-0.4, -0.2) is 60.5 Å². The number of Topliss-reactive ketones (excluding diaryl/α,β-unsaturated/α-hetero) is 1. The molecule has 196 valence electrons. The highest BCUT2D eigenvalue weighted by Crippen LogP contribution is 2.23. The molecule has 2 aromatic heterocycles. The number of nitrogens with zero attached hydrogens (tertiary/aromatic N) is 7. The number of ketones is 1. The van der Waals surface area contributed by atoms with Crippen LogP contribution < -0.4 is 16.1 Å². The van der Waals surface area contributed by atoms with Crippen LogP contribution in [0.4, 0.5) is 11.6 Å². The number of imidazole rings is 1. The van der Waals surface area contributed by atoms with E-state index in [1.54, 1.807) is 11.6 Å². The van der Waals surface area contributed by atoms with E-state index in [-0.39, 0.29) is 34.7 Å². The van der Waals surface area contributed by atoms with Crippen molar-refractivity contribution in [1.29, 1.82) is 0 Å². The number of anilines is 1. The minimum atomic E-state index is -0.541. The van der Waals surface area contributed by atoms with Crippen LogP contribution in [0.2, 0.25) is 0 Å². The number of benzene rings is 2. The van der Waals surface area contributed by atoms with Gasteiger partial charge in [0.15, 0.2) is 16.9 Å². The Balaban J connectivity index is 1.48. The summed E-state index contributed by atoms with van der Waals surface area (Å²) in [6.07, 6.45) is 0. The minimum absolute atomic E-state index is 0.118. The van der Waals surface area contributed by atoms with Crippen molar-refractivity contribution >= 4 is 28.6 Å². The molecular formula is C26H27N7O5. The molecule has 1 aliphatic rings. The number of fused-ring (bicyclic) bond motifs is 1. The number of non-ortho nitro benzene ring substituents is 1. The smallest absolute Gasteiger partial charge is 0.332 e. The topological polar surface area (TPSA) is 129 Å². The monoisotopic (exact) mass is 517 g/mol. The fraction of sp³-hybridized carbons (Fsp3) is 0.308. The second-order valence-corrected chi connectivity index (χ2v) is 9.35. The largest absolute Gasteiger partial charge is 0.340 e. The quantitative estimate of drug-likeness (QED) is 0.205. The van der Waals surface area contributed by atoms with Crippen molar-refractivity contribution in [3.05, 3.63) is 96.7 Å². The molecule has 12 nitrogen and oxygen atoms in total. The van der Waals surface area contributed by atoms with Gasteiger partial charge in [0, 0.05) is 64.5 Å². The van der Waals surface area contributed by atoms with Gasteiger partial charge in [0.1, 0.15) is 0 Å². The first-order chi connectivity index (χ1) is 18.2. The maximum atomic E-state index is 13.3. The highest BCUT2D eigenvalue weighted by atomic mass is 16.6. The molecule has 1 saturated heterocycles. The Morgan fingerprint density at radius 3 is 2.24 bits per heavy atom. The lowest BCUT2D eigenvalue weighted by atomic mass is 10.1. The van der Waals surface area contributed by atoms with Gasteiger partial charge in [-0.2, -0.15) is 4.98 Å². The molecule has 0 saturated carbocycles. The Bertz CT molecular complexity index is 1630. The summed E-state index contributed by atoms with van der Waals surface area (Å²) in [5.41, 5.74) is 0.697. The van der Waals surface area contributed by atoms with Gasteiger partial charge >= 0.3 is 5.69 Å². The first kappa shape index (κ1) is 25.1. The third-order valence-electron chi connectivity index (χ3n) is 6.93. The zero-order valence-electron chi connectivity index (χ0n) is 21.1. The molecule has 0 unspecified atom stereocenters. The van der Waals surface area contributed by atoms with Crippen LogP contribution in [0, 0.1) is 10.1 Å². The van der Waals surface area contributed by atoms with Gasteiger partial charge in [0.25, 0.3) is 11.2 Å². The number of carbonyl (C=O) groups is 1. The van der Waals surface area contributed by atoms with Gasteiger partial charge in [-0.3, -0.25) is 38.3 Å². The number of nitro groups is 1. The number of rotatable bonds is 7. The summed E-state index contributed by atoms with van der Waals surface area (Å²) < 4.78 is 3.87. The third-order valence-corrected chi connectivity index (χ3v) is 6.93. The van der Waals surface area contributed by atoms with Crippen molar-refractivity contribution in [2.45, 2.75) is 13.1 Å². The van der Waals surface area contributed by atoms with E-state index in [2.05, 4.69) is 22.0 Å². The lowest BCUT2D eigenvalue weighted by molar-refractivity contribution is -0.384. The molecule has 5 rings (SSSR count). The van der Waals surface area contributed by atoms with Crippen LogP contribution in [0.3, 0.4) is 0 Å². The zero-order chi connectivity index (χ0) is 27.0. The Morgan fingerprint density at radius 2 is 1.61 bits per heavy atom. The highest BCUT2D eigenvalue weighted by molar-refractivity contribution is 5.97. The highest BCUT2D eigenvalue weighted by Gasteiger charge is 2.27. The van der Waals surface area contributed by atoms with Crippen molar-refractivity contribution in [2.75, 3.05) is 31.1 Å². The predicted octanol–water partition coefficient (Wildman–Crippen LogP) is 1.55. The van der Waals surface area contributed by atoms with Crippen molar-refractivity contribution in [1.82, 2.24) is 23.6 Å². The van der Waals surface area contributed by atoms with Crippen molar-refractivity contribution in [3.8, 4) is 0 Å². The van der Waals surface area contributed by atoms with Gasteiger partial charge in [0.05, 0.1) is 11.5 Å². The van der Waals surface area contributed by atoms with Crippen LogP contribution >= 0.6 is 0 Å². The van der Waals surface area contributed by atoms with Gasteiger partial charge in [-0.25, -0.2) is 4.79 Å². The second kappa shape index (κ2) is 10.1. The van der Waals surface area contributed by atoms with Crippen LogP contribution in [-0.2, 0) is 27.2 Å². The van der Waals surface area contributed by atoms with E-state index in [0.29, 0.717) is 19.0 Å². The summed E-state index contributed by atoms with van der Waals surface area (Å²) in [5.74, 6) is 0.104. The number of aryl methyl sites for hydroxylation is 1. The van der Waals surface area contributed by atoms with Crippen molar-refractivity contribution in [2.24, 2.45) is 14.1 Å². The number of hydrogen-bond donors (Lipinski definition) is 0. The fourth-order valence-corrected chi connectivity index (χ4v) is 4.78. The van der Waals surface area contributed by atoms with Gasteiger partial charge < -0.3 is 4.90 Å². The molecule has 12 heteroatoms. The average Bonchev–Trinajstić information content (AvgIpc) is 3.31.